The van der Waals surface area contributed by atoms with Gasteiger partial charge in [0.05, 0.1) is 5.92 Å². The number of amides is 2. The minimum Gasteiger partial charge on any atom is -0.481 e. The van der Waals surface area contributed by atoms with Crippen LogP contribution in [0.1, 0.15) is 77.0 Å². The lowest BCUT2D eigenvalue weighted by molar-refractivity contribution is -0.143. The van der Waals surface area contributed by atoms with E-state index in [0.29, 0.717) is 12.1 Å². The van der Waals surface area contributed by atoms with Crippen LogP contribution >= 0.6 is 12.4 Å². The van der Waals surface area contributed by atoms with Crippen molar-refractivity contribution in [2.75, 3.05) is 28.2 Å². The SMILES string of the molecule is CB(O)NC1CCC(C(=O)N(C)C)CC1.CB(O)NC1CCC(C(=O)O)CC1.CN(C)C(=O)C1CCC(N)CC1.Cl. The van der Waals surface area contributed by atoms with Crippen molar-refractivity contribution in [1.29, 1.82) is 0 Å². The number of carboxylic acid groups (broad SMARTS) is 1. The molecule has 7 N–H and O–H groups in total. The second kappa shape index (κ2) is 20.5. The quantitative estimate of drug-likeness (QED) is 0.237. The van der Waals surface area contributed by atoms with E-state index in [2.05, 4.69) is 10.5 Å². The number of halogens is 1. The molecular weight excluding hydrogens is 547 g/mol. The number of carbonyl (C=O) groups excluding carboxylic acids is 2. The lowest BCUT2D eigenvalue weighted by atomic mass is 9.80. The van der Waals surface area contributed by atoms with Crippen LogP contribution in [0.2, 0.25) is 13.6 Å². The van der Waals surface area contributed by atoms with E-state index in [4.69, 9.17) is 15.9 Å². The van der Waals surface area contributed by atoms with Gasteiger partial charge in [-0.3, -0.25) is 14.4 Å². The maximum Gasteiger partial charge on any atom is 0.373 e. The highest BCUT2D eigenvalue weighted by molar-refractivity contribution is 6.45. The highest BCUT2D eigenvalue weighted by Gasteiger charge is 2.28. The summed E-state index contributed by atoms with van der Waals surface area (Å²) < 4.78 is 0. The number of nitrogens with one attached hydrogen (secondary N) is 2. The average molecular weight is 604 g/mol. The van der Waals surface area contributed by atoms with Crippen LogP contribution in [-0.2, 0) is 14.4 Å². The molecule has 0 radical (unpaired) electrons. The zero-order valence-corrected chi connectivity index (χ0v) is 26.9. The van der Waals surface area contributed by atoms with Crippen molar-refractivity contribution in [1.82, 2.24) is 20.3 Å². The van der Waals surface area contributed by atoms with Crippen LogP contribution in [0.15, 0.2) is 0 Å². The van der Waals surface area contributed by atoms with Crippen molar-refractivity contribution in [2.24, 2.45) is 23.5 Å². The second-order valence-electron chi connectivity index (χ2n) is 12.2. The highest BCUT2D eigenvalue weighted by atomic mass is 35.5. The predicted molar refractivity (Wildman–Crippen MR) is 168 cm³/mol. The Labute approximate surface area is 254 Å². The molecule has 3 aliphatic carbocycles. The summed E-state index contributed by atoms with van der Waals surface area (Å²) in [5.74, 6) is 0.0711. The van der Waals surface area contributed by atoms with Crippen LogP contribution in [0.25, 0.3) is 0 Å². The summed E-state index contributed by atoms with van der Waals surface area (Å²) in [6.45, 7) is 3.42. The summed E-state index contributed by atoms with van der Waals surface area (Å²) in [5.41, 5.74) is 5.75. The van der Waals surface area contributed by atoms with E-state index < -0.39 is 20.1 Å². The number of aliphatic carboxylic acids is 1. The molecule has 3 fully saturated rings. The average Bonchev–Trinajstić information content (AvgIpc) is 2.89. The number of carbonyl (C=O) groups is 3. The number of carboxylic acids is 1. The van der Waals surface area contributed by atoms with Gasteiger partial charge >= 0.3 is 20.1 Å². The van der Waals surface area contributed by atoms with Crippen LogP contribution in [0.4, 0.5) is 0 Å². The molecule has 0 saturated heterocycles. The zero-order valence-electron chi connectivity index (χ0n) is 26.1. The summed E-state index contributed by atoms with van der Waals surface area (Å²) in [7, 11) is 6.31. The fourth-order valence-corrected chi connectivity index (χ4v) is 5.79. The van der Waals surface area contributed by atoms with E-state index in [1.165, 1.54) is 0 Å². The maximum atomic E-state index is 11.7. The van der Waals surface area contributed by atoms with Gasteiger partial charge in [-0.1, -0.05) is 0 Å². The van der Waals surface area contributed by atoms with Gasteiger partial charge in [0.15, 0.2) is 0 Å². The normalized spacial score (nSPS) is 27.3. The molecule has 0 atom stereocenters. The minimum atomic E-state index is -0.685. The van der Waals surface area contributed by atoms with Crippen molar-refractivity contribution in [3.63, 3.8) is 0 Å². The topological polar surface area (TPSA) is 168 Å². The standard InChI is InChI=1S/C10H21BN2O2.C9H18N2O.C8H16BNO3.ClH/c1-11(15)12-9-6-4-8(5-7-9)10(14)13(2)3;1-11(2)9(12)7-3-5-8(10)6-4-7;1-9(13)10-7-4-2-6(3-5-7)8(11)12;/h8-9,12,15H,4-7H2,1-3H3;7-8H,3-6,10H2,1-2H3;6-7,10,13H,2-5H2,1H3,(H,11,12);1H. The van der Waals surface area contributed by atoms with Gasteiger partial charge in [-0.25, -0.2) is 0 Å². The Bertz CT molecular complexity index is 756. The molecule has 0 aliphatic heterocycles. The van der Waals surface area contributed by atoms with Gasteiger partial charge in [0.2, 0.25) is 11.8 Å². The molecule has 0 bridgehead atoms. The summed E-state index contributed by atoms with van der Waals surface area (Å²) >= 11 is 0. The van der Waals surface area contributed by atoms with Gasteiger partial charge in [-0.05, 0) is 103 Å². The molecule has 0 aromatic carbocycles. The monoisotopic (exact) mass is 603 g/mol. The fourth-order valence-electron chi connectivity index (χ4n) is 5.79. The Morgan fingerprint density at radius 1 is 0.634 bits per heavy atom. The van der Waals surface area contributed by atoms with E-state index >= 15 is 0 Å². The number of hydrogen-bond donors (Lipinski definition) is 6. The van der Waals surface area contributed by atoms with Gasteiger partial charge in [0.1, 0.15) is 0 Å². The molecule has 0 aromatic heterocycles. The summed E-state index contributed by atoms with van der Waals surface area (Å²) in [6.07, 6.45) is 10.9. The Balaban J connectivity index is 0.000000582. The van der Waals surface area contributed by atoms with Crippen LogP contribution in [0, 0.1) is 17.8 Å². The van der Waals surface area contributed by atoms with Crippen molar-refractivity contribution < 1.29 is 29.5 Å². The van der Waals surface area contributed by atoms with Gasteiger partial charge in [0.25, 0.3) is 0 Å². The molecular formula is C27H56B2ClN5O6. The third-order valence-electron chi connectivity index (χ3n) is 8.11. The Hall–Kier alpha value is -1.37. The molecule has 0 heterocycles. The molecule has 14 heteroatoms. The number of hydrogen-bond acceptors (Lipinski definition) is 8. The molecule has 3 saturated carbocycles. The third kappa shape index (κ3) is 16.2. The van der Waals surface area contributed by atoms with E-state index in [-0.39, 0.29) is 48.0 Å². The molecule has 0 spiro atoms. The van der Waals surface area contributed by atoms with E-state index in [1.54, 1.807) is 23.4 Å². The lowest BCUT2D eigenvalue weighted by Crippen LogP contribution is -2.43. The molecule has 0 aromatic rings. The van der Waals surface area contributed by atoms with E-state index in [0.717, 1.165) is 77.0 Å². The largest absolute Gasteiger partial charge is 0.481 e. The Morgan fingerprint density at radius 2 is 0.927 bits per heavy atom. The Kier molecular flexibility index (Phi) is 19.8. The maximum absolute atomic E-state index is 11.7. The first kappa shape index (κ1) is 39.6. The van der Waals surface area contributed by atoms with Gasteiger partial charge in [-0.2, -0.15) is 0 Å². The van der Waals surface area contributed by atoms with Crippen LogP contribution in [-0.4, -0.2) is 103 Å². The number of nitrogens with zero attached hydrogens (tertiary/aromatic N) is 2. The van der Waals surface area contributed by atoms with Crippen molar-refractivity contribution in [3.8, 4) is 0 Å². The minimum absolute atomic E-state index is 0. The molecule has 2 amide bonds. The smallest absolute Gasteiger partial charge is 0.373 e. The molecule has 11 nitrogen and oxygen atoms in total. The number of nitrogens with two attached hydrogens (primary N) is 1. The van der Waals surface area contributed by atoms with Crippen LogP contribution < -0.4 is 16.2 Å². The third-order valence-corrected chi connectivity index (χ3v) is 8.11. The molecule has 0 unspecified atom stereocenters. The molecule has 41 heavy (non-hydrogen) atoms. The fraction of sp³-hybridized carbons (Fsp3) is 0.889. The van der Waals surface area contributed by atoms with Crippen molar-refractivity contribution in [3.05, 3.63) is 0 Å². The molecule has 3 rings (SSSR count). The van der Waals surface area contributed by atoms with Crippen LogP contribution in [0.3, 0.4) is 0 Å². The van der Waals surface area contributed by atoms with E-state index in [1.807, 2.05) is 28.2 Å². The summed E-state index contributed by atoms with van der Waals surface area (Å²) in [5, 5.41) is 33.1. The van der Waals surface area contributed by atoms with Gasteiger partial charge < -0.3 is 41.1 Å². The van der Waals surface area contributed by atoms with Gasteiger partial charge in [-0.15, -0.1) is 12.4 Å². The van der Waals surface area contributed by atoms with Crippen molar-refractivity contribution >= 4 is 44.3 Å². The lowest BCUT2D eigenvalue weighted by Gasteiger charge is -2.30. The first-order valence-electron chi connectivity index (χ1n) is 15.0. The summed E-state index contributed by atoms with van der Waals surface area (Å²) in [4.78, 5) is 37.1. The first-order valence-corrected chi connectivity index (χ1v) is 15.0. The zero-order chi connectivity index (χ0) is 30.4. The second-order valence-corrected chi connectivity index (χ2v) is 12.2. The molecule has 238 valence electrons. The number of rotatable bonds is 7. The van der Waals surface area contributed by atoms with Gasteiger partial charge in [0, 0.05) is 46.1 Å². The summed E-state index contributed by atoms with van der Waals surface area (Å²) in [6, 6.07) is 0.989. The predicted octanol–water partition coefficient (Wildman–Crippen LogP) is 1.68. The molecule has 3 aliphatic rings. The first-order chi connectivity index (χ1) is 18.7. The Morgan fingerprint density at radius 3 is 1.20 bits per heavy atom. The van der Waals surface area contributed by atoms with E-state index in [9.17, 15) is 19.4 Å². The van der Waals surface area contributed by atoms with Crippen molar-refractivity contribution in [2.45, 2.75) is 109 Å². The highest BCUT2D eigenvalue weighted by Crippen LogP contribution is 2.26. The van der Waals surface area contributed by atoms with Crippen LogP contribution in [0.5, 0.6) is 0 Å².